The van der Waals surface area contributed by atoms with Gasteiger partial charge in [-0.3, -0.25) is 4.79 Å². The molecule has 0 aliphatic carbocycles. The molecule has 6 nitrogen and oxygen atoms in total. The Labute approximate surface area is 137 Å². The van der Waals surface area contributed by atoms with Crippen LogP contribution >= 0.6 is 0 Å². The molecule has 0 bridgehead atoms. The number of rotatable bonds is 6. The first kappa shape index (κ1) is 17.1. The summed E-state index contributed by atoms with van der Waals surface area (Å²) in [5, 5.41) is 12.6. The number of nitrogens with one attached hydrogen (secondary N) is 1. The minimum absolute atomic E-state index is 0.284. The Kier molecular flexibility index (Phi) is 5.62. The molecule has 0 radical (unpaired) electrons. The first-order valence-electron chi connectivity index (χ1n) is 7.01. The normalized spacial score (nSPS) is 11.0. The van der Waals surface area contributed by atoms with Gasteiger partial charge >= 0.3 is 5.97 Å². The standard InChI is InChI=1S/C17H15FN2O4/c1-11(13-3-2-4-15(9-13)24-10-16(21)22)19-20-17(23)12-5-7-14(18)8-6-12/h2-9H,10H2,1H3,(H,20,23)(H,21,22)/b19-11-. The van der Waals surface area contributed by atoms with Crippen molar-refractivity contribution in [2.24, 2.45) is 5.10 Å². The maximum atomic E-state index is 12.8. The fourth-order valence-corrected chi connectivity index (χ4v) is 1.82. The molecule has 0 aliphatic rings. The van der Waals surface area contributed by atoms with Gasteiger partial charge in [0.15, 0.2) is 6.61 Å². The summed E-state index contributed by atoms with van der Waals surface area (Å²) in [6.07, 6.45) is 0. The molecule has 2 N–H and O–H groups in total. The summed E-state index contributed by atoms with van der Waals surface area (Å²) in [5.74, 6) is -1.58. The van der Waals surface area contributed by atoms with E-state index in [9.17, 15) is 14.0 Å². The number of nitrogens with zero attached hydrogens (tertiary/aromatic N) is 1. The van der Waals surface area contributed by atoms with Gasteiger partial charge in [0.05, 0.1) is 5.71 Å². The smallest absolute Gasteiger partial charge is 0.341 e. The molecule has 124 valence electrons. The molecule has 2 aromatic carbocycles. The highest BCUT2D eigenvalue weighted by atomic mass is 19.1. The summed E-state index contributed by atoms with van der Waals surface area (Å²) in [5.41, 5.74) is 3.83. The van der Waals surface area contributed by atoms with Gasteiger partial charge in [0.2, 0.25) is 0 Å². The van der Waals surface area contributed by atoms with E-state index in [-0.39, 0.29) is 5.56 Å². The van der Waals surface area contributed by atoms with E-state index in [1.54, 1.807) is 31.2 Å². The van der Waals surface area contributed by atoms with E-state index in [0.717, 1.165) is 0 Å². The largest absolute Gasteiger partial charge is 0.482 e. The fraction of sp³-hybridized carbons (Fsp3) is 0.118. The maximum Gasteiger partial charge on any atom is 0.341 e. The zero-order valence-corrected chi connectivity index (χ0v) is 12.8. The van der Waals surface area contributed by atoms with E-state index in [2.05, 4.69) is 10.5 Å². The van der Waals surface area contributed by atoms with Gasteiger partial charge in [0.25, 0.3) is 5.91 Å². The van der Waals surface area contributed by atoms with Gasteiger partial charge in [-0.15, -0.1) is 0 Å². The van der Waals surface area contributed by atoms with Gasteiger partial charge in [0, 0.05) is 11.1 Å². The third kappa shape index (κ3) is 4.91. The average molecular weight is 330 g/mol. The molecule has 0 saturated carbocycles. The van der Waals surface area contributed by atoms with E-state index in [4.69, 9.17) is 9.84 Å². The molecule has 2 rings (SSSR count). The number of carboxylic acid groups (broad SMARTS) is 1. The highest BCUT2D eigenvalue weighted by molar-refractivity contribution is 6.01. The molecule has 0 atom stereocenters. The molecule has 0 unspecified atom stereocenters. The van der Waals surface area contributed by atoms with Crippen LogP contribution in [0.1, 0.15) is 22.8 Å². The molecule has 24 heavy (non-hydrogen) atoms. The number of carbonyl (C=O) groups excluding carboxylic acids is 1. The van der Waals surface area contributed by atoms with Crippen molar-refractivity contribution in [2.45, 2.75) is 6.92 Å². The van der Waals surface area contributed by atoms with Crippen LogP contribution in [0.15, 0.2) is 53.6 Å². The molecule has 0 aliphatic heterocycles. The van der Waals surface area contributed by atoms with Gasteiger partial charge < -0.3 is 9.84 Å². The predicted octanol–water partition coefficient (Wildman–Crippen LogP) is 2.44. The Hall–Kier alpha value is -3.22. The number of hydrogen-bond acceptors (Lipinski definition) is 4. The lowest BCUT2D eigenvalue weighted by molar-refractivity contribution is -0.139. The molecular formula is C17H15FN2O4. The minimum atomic E-state index is -1.07. The lowest BCUT2D eigenvalue weighted by Crippen LogP contribution is -2.19. The van der Waals surface area contributed by atoms with Crippen LogP contribution < -0.4 is 10.2 Å². The number of hydrazone groups is 1. The van der Waals surface area contributed by atoms with Crippen LogP contribution in [0, 0.1) is 5.82 Å². The highest BCUT2D eigenvalue weighted by Gasteiger charge is 2.06. The van der Waals surface area contributed by atoms with Gasteiger partial charge in [-0.25, -0.2) is 14.6 Å². The number of hydrogen-bond donors (Lipinski definition) is 2. The Balaban J connectivity index is 2.04. The van der Waals surface area contributed by atoms with Crippen molar-refractivity contribution in [3.8, 4) is 5.75 Å². The second kappa shape index (κ2) is 7.87. The number of benzene rings is 2. The van der Waals surface area contributed by atoms with Crippen LogP contribution in [0.2, 0.25) is 0 Å². The summed E-state index contributed by atoms with van der Waals surface area (Å²) in [6.45, 7) is 1.24. The summed E-state index contributed by atoms with van der Waals surface area (Å²) in [6, 6.07) is 11.8. The highest BCUT2D eigenvalue weighted by Crippen LogP contribution is 2.14. The molecular weight excluding hydrogens is 315 g/mol. The summed E-state index contributed by atoms with van der Waals surface area (Å²) in [7, 11) is 0. The predicted molar refractivity (Wildman–Crippen MR) is 85.7 cm³/mol. The fourth-order valence-electron chi connectivity index (χ4n) is 1.82. The number of amides is 1. The molecule has 7 heteroatoms. The maximum absolute atomic E-state index is 12.8. The van der Waals surface area contributed by atoms with Crippen LogP contribution in [-0.2, 0) is 4.79 Å². The van der Waals surface area contributed by atoms with Crippen molar-refractivity contribution in [3.05, 3.63) is 65.5 Å². The number of halogens is 1. The third-order valence-electron chi connectivity index (χ3n) is 3.05. The zero-order valence-electron chi connectivity index (χ0n) is 12.8. The quantitative estimate of drug-likeness (QED) is 0.629. The summed E-state index contributed by atoms with van der Waals surface area (Å²) >= 11 is 0. The van der Waals surface area contributed by atoms with Crippen LogP contribution in [-0.4, -0.2) is 29.3 Å². The van der Waals surface area contributed by atoms with Gasteiger partial charge in [-0.05, 0) is 43.3 Å². The molecule has 0 spiro atoms. The zero-order chi connectivity index (χ0) is 17.5. The van der Waals surface area contributed by atoms with Gasteiger partial charge in [0.1, 0.15) is 11.6 Å². The molecule has 1 amide bonds. The van der Waals surface area contributed by atoms with Crippen molar-refractivity contribution in [2.75, 3.05) is 6.61 Å². The number of aliphatic carboxylic acids is 1. The SMILES string of the molecule is C/C(=N/NC(=O)c1ccc(F)cc1)c1cccc(OCC(=O)O)c1. The lowest BCUT2D eigenvalue weighted by atomic mass is 10.1. The molecule has 2 aromatic rings. The molecule has 0 saturated heterocycles. The van der Waals surface area contributed by atoms with Crippen LogP contribution in [0.4, 0.5) is 4.39 Å². The first-order chi connectivity index (χ1) is 11.5. The van der Waals surface area contributed by atoms with Gasteiger partial charge in [-0.2, -0.15) is 5.10 Å². The number of ether oxygens (including phenoxy) is 1. The Morgan fingerprint density at radius 3 is 2.54 bits per heavy atom. The number of carboxylic acids is 1. The van der Waals surface area contributed by atoms with Crippen LogP contribution in [0.3, 0.4) is 0 Å². The van der Waals surface area contributed by atoms with Crippen molar-refractivity contribution in [1.29, 1.82) is 0 Å². The van der Waals surface area contributed by atoms with Gasteiger partial charge in [-0.1, -0.05) is 12.1 Å². The van der Waals surface area contributed by atoms with Crippen LogP contribution in [0.25, 0.3) is 0 Å². The Morgan fingerprint density at radius 1 is 1.17 bits per heavy atom. The Morgan fingerprint density at radius 2 is 1.88 bits per heavy atom. The second-order valence-corrected chi connectivity index (χ2v) is 4.86. The van der Waals surface area contributed by atoms with Crippen molar-refractivity contribution < 1.29 is 23.8 Å². The topological polar surface area (TPSA) is 88.0 Å². The summed E-state index contributed by atoms with van der Waals surface area (Å²) < 4.78 is 17.9. The molecule has 0 aromatic heterocycles. The van der Waals surface area contributed by atoms with Crippen molar-refractivity contribution >= 4 is 17.6 Å². The van der Waals surface area contributed by atoms with E-state index in [1.807, 2.05) is 0 Å². The average Bonchev–Trinajstić information content (AvgIpc) is 2.58. The van der Waals surface area contributed by atoms with E-state index >= 15 is 0 Å². The van der Waals surface area contributed by atoms with E-state index in [0.29, 0.717) is 17.0 Å². The van der Waals surface area contributed by atoms with E-state index < -0.39 is 24.3 Å². The molecule has 0 fully saturated rings. The lowest BCUT2D eigenvalue weighted by Gasteiger charge is -2.06. The van der Waals surface area contributed by atoms with Crippen LogP contribution in [0.5, 0.6) is 5.75 Å². The van der Waals surface area contributed by atoms with Crippen molar-refractivity contribution in [1.82, 2.24) is 5.43 Å². The molecule has 0 heterocycles. The first-order valence-corrected chi connectivity index (χ1v) is 7.01. The van der Waals surface area contributed by atoms with Crippen molar-refractivity contribution in [3.63, 3.8) is 0 Å². The monoisotopic (exact) mass is 330 g/mol. The Bertz CT molecular complexity index is 772. The third-order valence-corrected chi connectivity index (χ3v) is 3.05. The van der Waals surface area contributed by atoms with E-state index in [1.165, 1.54) is 24.3 Å². The summed E-state index contributed by atoms with van der Waals surface area (Å²) in [4.78, 5) is 22.4. The minimum Gasteiger partial charge on any atom is -0.482 e. The second-order valence-electron chi connectivity index (χ2n) is 4.86. The number of carbonyl (C=O) groups is 2.